The fourth-order valence-corrected chi connectivity index (χ4v) is 2.30. The molecule has 2 aromatic heterocycles. The molecule has 22 heavy (non-hydrogen) atoms. The lowest BCUT2D eigenvalue weighted by Gasteiger charge is -2.18. The van der Waals surface area contributed by atoms with E-state index in [9.17, 15) is 4.79 Å². The molecule has 0 aliphatic carbocycles. The topological polar surface area (TPSA) is 64.1 Å². The Bertz CT molecular complexity index is 687. The summed E-state index contributed by atoms with van der Waals surface area (Å²) in [5.41, 5.74) is 2.07. The average Bonchev–Trinajstić information content (AvgIpc) is 2.81. The van der Waals surface area contributed by atoms with Gasteiger partial charge in [-0.05, 0) is 52.0 Å². The number of carbonyl (C=O) groups is 1. The quantitative estimate of drug-likeness (QED) is 0.913. The van der Waals surface area contributed by atoms with Crippen LogP contribution < -0.4 is 5.32 Å². The van der Waals surface area contributed by atoms with Crippen molar-refractivity contribution in [2.24, 2.45) is 0 Å². The number of anilines is 1. The molecule has 0 aliphatic rings. The molecule has 0 aliphatic heterocycles. The number of aromatic nitrogens is 2. The number of nitrogens with one attached hydrogen (secondary N) is 1. The molecule has 6 heteroatoms. The molecule has 2 rings (SSSR count). The van der Waals surface area contributed by atoms with Gasteiger partial charge in [0, 0.05) is 11.1 Å². The van der Waals surface area contributed by atoms with Crippen LogP contribution in [-0.4, -0.2) is 21.7 Å². The maximum Gasteiger partial charge on any atom is 0.413 e. The summed E-state index contributed by atoms with van der Waals surface area (Å²) in [6.07, 6.45) is 3.25. The lowest BCUT2D eigenvalue weighted by Crippen LogP contribution is -2.27. The van der Waals surface area contributed by atoms with Gasteiger partial charge in [0.15, 0.2) is 5.13 Å². The first-order valence-electron chi connectivity index (χ1n) is 6.89. The maximum atomic E-state index is 11.7. The highest BCUT2D eigenvalue weighted by Crippen LogP contribution is 2.18. The molecule has 0 unspecified atom stereocenters. The van der Waals surface area contributed by atoms with Crippen molar-refractivity contribution in [1.29, 1.82) is 0 Å². The fourth-order valence-electron chi connectivity index (χ4n) is 1.64. The number of aryl methyl sites for hydroxylation is 1. The van der Waals surface area contributed by atoms with Crippen molar-refractivity contribution in [3.63, 3.8) is 0 Å². The van der Waals surface area contributed by atoms with E-state index in [1.54, 1.807) is 0 Å². The summed E-state index contributed by atoms with van der Waals surface area (Å²) in [4.78, 5) is 20.4. The van der Waals surface area contributed by atoms with Crippen molar-refractivity contribution in [3.05, 3.63) is 40.7 Å². The van der Waals surface area contributed by atoms with Crippen LogP contribution in [0.1, 0.15) is 37.9 Å². The van der Waals surface area contributed by atoms with E-state index in [-0.39, 0.29) is 0 Å². The normalized spacial score (nSPS) is 11.6. The molecule has 0 radical (unpaired) electrons. The first-order valence-corrected chi connectivity index (χ1v) is 7.77. The van der Waals surface area contributed by atoms with Gasteiger partial charge in [0.2, 0.25) is 0 Å². The average molecular weight is 317 g/mol. The van der Waals surface area contributed by atoms with Crippen molar-refractivity contribution < 1.29 is 9.53 Å². The Kier molecular flexibility index (Phi) is 4.92. The third-order valence-corrected chi connectivity index (χ3v) is 3.24. The van der Waals surface area contributed by atoms with Gasteiger partial charge in [0.05, 0.1) is 11.4 Å². The molecule has 2 heterocycles. The Balaban J connectivity index is 1.98. The van der Waals surface area contributed by atoms with E-state index >= 15 is 0 Å². The van der Waals surface area contributed by atoms with Gasteiger partial charge in [0.25, 0.3) is 0 Å². The molecule has 1 N–H and O–H groups in total. The van der Waals surface area contributed by atoms with Gasteiger partial charge in [-0.15, -0.1) is 11.3 Å². The van der Waals surface area contributed by atoms with Gasteiger partial charge in [-0.3, -0.25) is 10.3 Å². The molecule has 0 saturated carbocycles. The summed E-state index contributed by atoms with van der Waals surface area (Å²) in [7, 11) is 0. The van der Waals surface area contributed by atoms with E-state index in [2.05, 4.69) is 15.3 Å². The predicted molar refractivity (Wildman–Crippen MR) is 89.9 cm³/mol. The van der Waals surface area contributed by atoms with Crippen LogP contribution >= 0.6 is 11.3 Å². The van der Waals surface area contributed by atoms with Crippen LogP contribution in [0, 0.1) is 6.92 Å². The van der Waals surface area contributed by atoms with Crippen LogP contribution in [0.2, 0.25) is 0 Å². The Morgan fingerprint density at radius 2 is 1.95 bits per heavy atom. The minimum atomic E-state index is -0.527. The van der Waals surface area contributed by atoms with E-state index < -0.39 is 11.7 Å². The SMILES string of the molecule is Cc1cccc(C=Cc2csc(NC(=O)OC(C)(C)C)n2)n1. The molecule has 116 valence electrons. The number of ether oxygens (including phenoxy) is 1. The van der Waals surface area contributed by atoms with Crippen LogP contribution in [0.5, 0.6) is 0 Å². The highest BCUT2D eigenvalue weighted by Gasteiger charge is 2.16. The number of pyridine rings is 1. The number of rotatable bonds is 3. The van der Waals surface area contributed by atoms with Gasteiger partial charge in [-0.2, -0.15) is 0 Å². The second-order valence-corrected chi connectivity index (χ2v) is 6.60. The van der Waals surface area contributed by atoms with Crippen molar-refractivity contribution >= 4 is 34.7 Å². The summed E-state index contributed by atoms with van der Waals surface area (Å²) in [5, 5.41) is 4.99. The summed E-state index contributed by atoms with van der Waals surface area (Å²) in [6, 6.07) is 5.83. The van der Waals surface area contributed by atoms with E-state index in [0.717, 1.165) is 17.1 Å². The van der Waals surface area contributed by atoms with Gasteiger partial charge >= 0.3 is 6.09 Å². The zero-order chi connectivity index (χ0) is 16.2. The van der Waals surface area contributed by atoms with E-state index in [0.29, 0.717) is 5.13 Å². The smallest absolute Gasteiger partial charge is 0.413 e. The number of carbonyl (C=O) groups excluding carboxylic acids is 1. The van der Waals surface area contributed by atoms with Crippen LogP contribution in [0.25, 0.3) is 12.2 Å². The van der Waals surface area contributed by atoms with Crippen LogP contribution in [0.4, 0.5) is 9.93 Å². The lowest BCUT2D eigenvalue weighted by atomic mass is 10.2. The first kappa shape index (κ1) is 16.2. The van der Waals surface area contributed by atoms with Crippen LogP contribution in [0.3, 0.4) is 0 Å². The van der Waals surface area contributed by atoms with Gasteiger partial charge in [-0.25, -0.2) is 9.78 Å². The van der Waals surface area contributed by atoms with Crippen LogP contribution in [0.15, 0.2) is 23.6 Å². The third-order valence-electron chi connectivity index (χ3n) is 2.46. The zero-order valence-electron chi connectivity index (χ0n) is 13.1. The monoisotopic (exact) mass is 317 g/mol. The largest absolute Gasteiger partial charge is 0.444 e. The van der Waals surface area contributed by atoms with Crippen molar-refractivity contribution in [2.45, 2.75) is 33.3 Å². The van der Waals surface area contributed by atoms with E-state index in [1.165, 1.54) is 11.3 Å². The fraction of sp³-hybridized carbons (Fsp3) is 0.312. The number of amides is 1. The Morgan fingerprint density at radius 3 is 2.64 bits per heavy atom. The molecular formula is C16H19N3O2S. The minimum absolute atomic E-state index is 0.502. The number of hydrogen-bond acceptors (Lipinski definition) is 5. The second kappa shape index (κ2) is 6.70. The number of nitrogens with zero attached hydrogens (tertiary/aromatic N) is 2. The van der Waals surface area contributed by atoms with Crippen molar-refractivity contribution in [1.82, 2.24) is 9.97 Å². The summed E-state index contributed by atoms with van der Waals surface area (Å²) >= 11 is 1.35. The molecular weight excluding hydrogens is 298 g/mol. The maximum absolute atomic E-state index is 11.7. The molecule has 5 nitrogen and oxygen atoms in total. The van der Waals surface area contributed by atoms with Gasteiger partial charge < -0.3 is 4.74 Å². The molecule has 0 bridgehead atoms. The predicted octanol–water partition coefficient (Wildman–Crippen LogP) is 4.36. The Labute approximate surface area is 134 Å². The second-order valence-electron chi connectivity index (χ2n) is 5.74. The zero-order valence-corrected chi connectivity index (χ0v) is 13.9. The van der Waals surface area contributed by atoms with Crippen LogP contribution in [-0.2, 0) is 4.74 Å². The molecule has 0 aromatic carbocycles. The lowest BCUT2D eigenvalue weighted by molar-refractivity contribution is 0.0636. The minimum Gasteiger partial charge on any atom is -0.444 e. The van der Waals surface area contributed by atoms with Gasteiger partial charge in [-0.1, -0.05) is 6.07 Å². The summed E-state index contributed by atoms with van der Waals surface area (Å²) in [6.45, 7) is 7.40. The molecule has 1 amide bonds. The number of thiazole rings is 1. The summed E-state index contributed by atoms with van der Waals surface area (Å²) < 4.78 is 5.18. The van der Waals surface area contributed by atoms with Crippen molar-refractivity contribution in [2.75, 3.05) is 5.32 Å². The van der Waals surface area contributed by atoms with E-state index in [1.807, 2.05) is 63.4 Å². The van der Waals surface area contributed by atoms with Gasteiger partial charge in [0.1, 0.15) is 5.60 Å². The highest BCUT2D eigenvalue weighted by molar-refractivity contribution is 7.14. The molecule has 0 fully saturated rings. The van der Waals surface area contributed by atoms with E-state index in [4.69, 9.17) is 4.74 Å². The standard InChI is InChI=1S/C16H19N3O2S/c1-11-6-5-7-12(17-11)8-9-13-10-22-14(18-13)19-15(20)21-16(2,3)4/h5-10H,1-4H3,(H,18,19,20). The molecule has 0 saturated heterocycles. The molecule has 2 aromatic rings. The Morgan fingerprint density at radius 1 is 1.23 bits per heavy atom. The van der Waals surface area contributed by atoms with Crippen molar-refractivity contribution in [3.8, 4) is 0 Å². The summed E-state index contributed by atoms with van der Waals surface area (Å²) in [5.74, 6) is 0. The molecule has 0 spiro atoms. The first-order chi connectivity index (χ1) is 10.3. The Hall–Kier alpha value is -2.21. The molecule has 0 atom stereocenters. The highest BCUT2D eigenvalue weighted by atomic mass is 32.1. The third kappa shape index (κ3) is 5.29. The number of hydrogen-bond donors (Lipinski definition) is 1.